The molecule has 180 valence electrons. The first-order valence-electron chi connectivity index (χ1n) is 9.49. The van der Waals surface area contributed by atoms with E-state index in [9.17, 15) is 45.5 Å². The molecule has 0 N–H and O–H groups in total. The van der Waals surface area contributed by atoms with E-state index in [1.165, 1.54) is 0 Å². The van der Waals surface area contributed by atoms with E-state index in [4.69, 9.17) is 4.74 Å². The van der Waals surface area contributed by atoms with Crippen molar-refractivity contribution in [2.24, 2.45) is 0 Å². The number of ether oxygens (including phenoxy) is 1. The van der Waals surface area contributed by atoms with Crippen molar-refractivity contribution in [1.29, 1.82) is 0 Å². The minimum absolute atomic E-state index is 0.424. The number of amides is 4. The fraction of sp³-hybridized carbons (Fsp3) is 0.0909. The Morgan fingerprint density at radius 3 is 1.11 bits per heavy atom. The summed E-state index contributed by atoms with van der Waals surface area (Å²) in [4.78, 5) is 48.5. The number of rotatable bonds is 4. The number of carbonyl (C=O) groups excluding carboxylic acids is 4. The monoisotopic (exact) mass is 496 g/mol. The molecule has 7 nitrogen and oxygen atoms in total. The van der Waals surface area contributed by atoms with Gasteiger partial charge in [0.15, 0.2) is 0 Å². The van der Waals surface area contributed by atoms with Crippen LogP contribution in [-0.2, 0) is 31.5 Å². The second-order valence-corrected chi connectivity index (χ2v) is 7.22. The molecule has 4 rings (SSSR count). The Kier molecular flexibility index (Phi) is 5.50. The summed E-state index contributed by atoms with van der Waals surface area (Å²) < 4.78 is 85.9. The Morgan fingerprint density at radius 1 is 0.514 bits per heavy atom. The fourth-order valence-corrected chi connectivity index (χ4v) is 3.32. The highest BCUT2D eigenvalue weighted by atomic mass is 19.4. The van der Waals surface area contributed by atoms with E-state index in [2.05, 4.69) is 0 Å². The molecule has 0 radical (unpaired) electrons. The molecular weight excluding hydrogens is 486 g/mol. The van der Waals surface area contributed by atoms with Crippen molar-refractivity contribution in [3.63, 3.8) is 0 Å². The third kappa shape index (κ3) is 4.65. The van der Waals surface area contributed by atoms with Crippen LogP contribution in [0.2, 0.25) is 0 Å². The maximum atomic E-state index is 13.4. The third-order valence-corrected chi connectivity index (χ3v) is 4.81. The lowest BCUT2D eigenvalue weighted by Gasteiger charge is -2.20. The number of benzene rings is 2. The van der Waals surface area contributed by atoms with Crippen LogP contribution in [0.3, 0.4) is 0 Å². The summed E-state index contributed by atoms with van der Waals surface area (Å²) in [6.07, 6.45) is -6.60. The summed E-state index contributed by atoms with van der Waals surface area (Å²) in [6, 6.07) is 3.61. The van der Waals surface area contributed by atoms with Crippen LogP contribution in [0.5, 0.6) is 11.5 Å². The Balaban J connectivity index is 1.80. The molecule has 4 amide bonds. The second kappa shape index (κ2) is 8.11. The van der Waals surface area contributed by atoms with Gasteiger partial charge in [0.25, 0.3) is 23.6 Å². The highest BCUT2D eigenvalue weighted by Gasteiger charge is 2.36. The number of imide groups is 2. The largest absolute Gasteiger partial charge is 0.457 e. The zero-order chi connectivity index (χ0) is 25.7. The maximum absolute atomic E-state index is 13.4. The average Bonchev–Trinajstić information content (AvgIpc) is 3.26. The van der Waals surface area contributed by atoms with Gasteiger partial charge in [0.05, 0.1) is 22.5 Å². The van der Waals surface area contributed by atoms with Gasteiger partial charge in [0.2, 0.25) is 0 Å². The van der Waals surface area contributed by atoms with Crippen LogP contribution in [0.15, 0.2) is 60.7 Å². The number of alkyl halides is 6. The van der Waals surface area contributed by atoms with Gasteiger partial charge in [-0.3, -0.25) is 19.2 Å². The van der Waals surface area contributed by atoms with Crippen LogP contribution >= 0.6 is 0 Å². The molecule has 2 aromatic rings. The topological polar surface area (TPSA) is 84.0 Å². The number of anilines is 2. The average molecular weight is 496 g/mol. The lowest BCUT2D eigenvalue weighted by atomic mass is 10.1. The molecule has 2 aliphatic rings. The number of hydrogen-bond donors (Lipinski definition) is 0. The number of halogens is 6. The van der Waals surface area contributed by atoms with Gasteiger partial charge in [-0.25, -0.2) is 9.80 Å². The molecule has 0 bridgehead atoms. The highest BCUT2D eigenvalue weighted by molar-refractivity contribution is 6.28. The van der Waals surface area contributed by atoms with E-state index < -0.39 is 70.0 Å². The predicted molar refractivity (Wildman–Crippen MR) is 106 cm³/mol. The number of hydrogen-bond acceptors (Lipinski definition) is 5. The van der Waals surface area contributed by atoms with Gasteiger partial charge in [-0.1, -0.05) is 0 Å². The Labute approximate surface area is 191 Å². The van der Waals surface area contributed by atoms with E-state index in [1.807, 2.05) is 0 Å². The first kappa shape index (κ1) is 23.7. The third-order valence-electron chi connectivity index (χ3n) is 4.81. The van der Waals surface area contributed by atoms with Crippen molar-refractivity contribution in [1.82, 2.24) is 0 Å². The van der Waals surface area contributed by atoms with E-state index in [0.29, 0.717) is 34.1 Å². The first-order valence-corrected chi connectivity index (χ1v) is 9.49. The van der Waals surface area contributed by atoms with Gasteiger partial charge in [-0.15, -0.1) is 0 Å². The van der Waals surface area contributed by atoms with Crippen molar-refractivity contribution >= 4 is 35.0 Å². The van der Waals surface area contributed by atoms with Crippen molar-refractivity contribution in [2.45, 2.75) is 12.4 Å². The van der Waals surface area contributed by atoms with Crippen LogP contribution in [0.25, 0.3) is 0 Å². The quantitative estimate of drug-likeness (QED) is 0.464. The molecule has 2 aromatic carbocycles. The molecule has 0 saturated carbocycles. The summed E-state index contributed by atoms with van der Waals surface area (Å²) in [6.45, 7) is 0. The minimum atomic E-state index is -4.97. The Hall–Kier alpha value is -4.42. The zero-order valence-electron chi connectivity index (χ0n) is 17.0. The molecule has 0 unspecified atom stereocenters. The molecule has 13 heteroatoms. The van der Waals surface area contributed by atoms with Gasteiger partial charge in [-0.2, -0.15) is 26.3 Å². The standard InChI is InChI=1S/C22H10F6N2O5/c23-21(24,25)11-5-13(29-17(31)1-2-18(29)32)9-15(7-11)35-16-8-12(22(26,27)28)6-14(10-16)30-19(33)3-4-20(30)34/h1-10H. The van der Waals surface area contributed by atoms with Crippen molar-refractivity contribution < 1.29 is 50.3 Å². The molecule has 0 aliphatic carbocycles. The number of nitrogens with zero attached hydrogens (tertiary/aromatic N) is 2. The first-order chi connectivity index (χ1) is 16.2. The van der Waals surface area contributed by atoms with Crippen LogP contribution in [0, 0.1) is 0 Å². The molecule has 0 atom stereocenters. The smallest absolute Gasteiger partial charge is 0.416 e. The van der Waals surface area contributed by atoms with Crippen LogP contribution < -0.4 is 14.5 Å². The summed E-state index contributed by atoms with van der Waals surface area (Å²) in [5.41, 5.74) is -3.76. The lowest BCUT2D eigenvalue weighted by Crippen LogP contribution is -2.30. The summed E-state index contributed by atoms with van der Waals surface area (Å²) in [5.74, 6) is -5.05. The normalized spacial score (nSPS) is 16.2. The summed E-state index contributed by atoms with van der Waals surface area (Å²) >= 11 is 0. The van der Waals surface area contributed by atoms with E-state index >= 15 is 0 Å². The second-order valence-electron chi connectivity index (χ2n) is 7.22. The molecule has 0 aromatic heterocycles. The van der Waals surface area contributed by atoms with Crippen molar-refractivity contribution in [2.75, 3.05) is 9.80 Å². The van der Waals surface area contributed by atoms with Crippen LogP contribution in [-0.4, -0.2) is 23.6 Å². The Bertz CT molecular complexity index is 1210. The zero-order valence-corrected chi connectivity index (χ0v) is 17.0. The summed E-state index contributed by atoms with van der Waals surface area (Å²) in [7, 11) is 0. The lowest BCUT2D eigenvalue weighted by molar-refractivity contribution is -0.138. The van der Waals surface area contributed by atoms with Gasteiger partial charge in [-0.05, 0) is 24.3 Å². The molecule has 35 heavy (non-hydrogen) atoms. The van der Waals surface area contributed by atoms with Crippen molar-refractivity contribution in [3.8, 4) is 11.5 Å². The Morgan fingerprint density at radius 2 is 0.829 bits per heavy atom. The van der Waals surface area contributed by atoms with E-state index in [1.54, 1.807) is 0 Å². The highest BCUT2D eigenvalue weighted by Crippen LogP contribution is 2.40. The number of carbonyl (C=O) groups is 4. The van der Waals surface area contributed by atoms with E-state index in [-0.39, 0.29) is 0 Å². The fourth-order valence-electron chi connectivity index (χ4n) is 3.32. The SMILES string of the molecule is O=C1C=CC(=O)N1c1cc(Oc2cc(N3C(=O)C=CC3=O)cc(C(F)(F)F)c2)cc(C(F)(F)F)c1. The molecule has 0 saturated heterocycles. The predicted octanol–water partition coefficient (Wildman–Crippen LogP) is 4.38. The van der Waals surface area contributed by atoms with Crippen LogP contribution in [0.1, 0.15) is 11.1 Å². The molecular formula is C22H10F6N2O5. The van der Waals surface area contributed by atoms with Gasteiger partial charge >= 0.3 is 12.4 Å². The maximum Gasteiger partial charge on any atom is 0.416 e. The van der Waals surface area contributed by atoms with Gasteiger partial charge in [0, 0.05) is 36.4 Å². The van der Waals surface area contributed by atoms with E-state index in [0.717, 1.165) is 36.4 Å². The molecule has 2 aliphatic heterocycles. The minimum Gasteiger partial charge on any atom is -0.457 e. The van der Waals surface area contributed by atoms with Gasteiger partial charge in [0.1, 0.15) is 11.5 Å². The van der Waals surface area contributed by atoms with Crippen molar-refractivity contribution in [3.05, 3.63) is 71.8 Å². The molecule has 0 spiro atoms. The van der Waals surface area contributed by atoms with Crippen LogP contribution in [0.4, 0.5) is 37.7 Å². The summed E-state index contributed by atoms with van der Waals surface area (Å²) in [5, 5.41) is 0. The molecule has 0 fully saturated rings. The molecule has 2 heterocycles. The van der Waals surface area contributed by atoms with Gasteiger partial charge < -0.3 is 4.74 Å².